The maximum atomic E-state index is 11.1. The van der Waals surface area contributed by atoms with Gasteiger partial charge in [0.1, 0.15) is 0 Å². The van der Waals surface area contributed by atoms with Gasteiger partial charge in [0.15, 0.2) is 0 Å². The van der Waals surface area contributed by atoms with Gasteiger partial charge in [0.25, 0.3) is 11.8 Å². The summed E-state index contributed by atoms with van der Waals surface area (Å²) in [5.41, 5.74) is 0.337. The normalized spacial score (nSPS) is 12.3. The summed E-state index contributed by atoms with van der Waals surface area (Å²) in [6.07, 6.45) is 2.37. The number of aromatic carboxylic acids is 1. The van der Waals surface area contributed by atoms with E-state index in [-0.39, 0.29) is 16.7 Å². The number of carboxylic acids is 1. The molecule has 0 saturated heterocycles. The minimum absolute atomic E-state index is 0.00593. The van der Waals surface area contributed by atoms with Crippen LogP contribution in [0.3, 0.4) is 0 Å². The summed E-state index contributed by atoms with van der Waals surface area (Å²) >= 11 is 5.30. The van der Waals surface area contributed by atoms with Crippen molar-refractivity contribution in [3.05, 3.63) is 34.9 Å². The Hall–Kier alpha value is -1.88. The van der Waals surface area contributed by atoms with Gasteiger partial charge in [-0.3, -0.25) is 14.9 Å². The molecule has 0 fully saturated rings. The molecule has 0 aliphatic carbocycles. The highest BCUT2D eigenvalue weighted by molar-refractivity contribution is 6.22. The molecule has 0 saturated carbocycles. The number of alkyl halides is 1. The number of carboxylic acid groups (broad SMARTS) is 1. The summed E-state index contributed by atoms with van der Waals surface area (Å²) < 4.78 is 0. The van der Waals surface area contributed by atoms with E-state index in [1.807, 2.05) is 0 Å². The second kappa shape index (κ2) is 6.89. The van der Waals surface area contributed by atoms with Crippen LogP contribution in [0.2, 0.25) is 0 Å². The standard InChI is InChI=1S/C9H5NO4.C4H9Cl/c11-7-5-2-1-4(9(13)14)3-6(5)8(12)10-7;1-2-3-4-5/h1-3H,(H,13,14)(H,10,11,12);2-4H2,1H3. The Kier molecular flexibility index (Phi) is 5.51. The zero-order chi connectivity index (χ0) is 14.4. The fourth-order valence-corrected chi connectivity index (χ4v) is 1.70. The Balaban J connectivity index is 0.000000312. The Morgan fingerprint density at radius 2 is 1.89 bits per heavy atom. The number of halogens is 1. The van der Waals surface area contributed by atoms with E-state index in [4.69, 9.17) is 16.7 Å². The summed E-state index contributed by atoms with van der Waals surface area (Å²) in [6.45, 7) is 2.13. The van der Waals surface area contributed by atoms with Crippen LogP contribution in [0.4, 0.5) is 0 Å². The van der Waals surface area contributed by atoms with Crippen LogP contribution in [0.1, 0.15) is 50.8 Å². The first-order valence-corrected chi connectivity index (χ1v) is 6.33. The van der Waals surface area contributed by atoms with Crippen LogP contribution in [0.25, 0.3) is 0 Å². The molecule has 0 unspecified atom stereocenters. The number of nitrogens with one attached hydrogen (secondary N) is 1. The van der Waals surface area contributed by atoms with E-state index in [1.165, 1.54) is 24.6 Å². The van der Waals surface area contributed by atoms with E-state index < -0.39 is 17.8 Å². The molecule has 0 radical (unpaired) electrons. The fraction of sp³-hybridized carbons (Fsp3) is 0.308. The third-order valence-corrected chi connectivity index (χ3v) is 2.74. The largest absolute Gasteiger partial charge is 0.478 e. The maximum Gasteiger partial charge on any atom is 0.335 e. The summed E-state index contributed by atoms with van der Waals surface area (Å²) in [5, 5.41) is 10.7. The van der Waals surface area contributed by atoms with E-state index in [9.17, 15) is 14.4 Å². The number of carbonyl (C=O) groups excluding carboxylic acids is 2. The van der Waals surface area contributed by atoms with Crippen molar-refractivity contribution in [2.45, 2.75) is 19.8 Å². The van der Waals surface area contributed by atoms with Crippen molar-refractivity contribution in [2.75, 3.05) is 5.88 Å². The number of amides is 2. The van der Waals surface area contributed by atoms with E-state index >= 15 is 0 Å². The summed E-state index contributed by atoms with van der Waals surface area (Å²) in [6, 6.07) is 3.82. The first-order chi connectivity index (χ1) is 9.01. The lowest BCUT2D eigenvalue weighted by molar-refractivity contribution is 0.0696. The van der Waals surface area contributed by atoms with Crippen LogP contribution in [-0.4, -0.2) is 28.8 Å². The van der Waals surface area contributed by atoms with Crippen LogP contribution in [0, 0.1) is 0 Å². The summed E-state index contributed by atoms with van der Waals surface area (Å²) in [4.78, 5) is 32.8. The molecule has 0 atom stereocenters. The van der Waals surface area contributed by atoms with Gasteiger partial charge < -0.3 is 5.11 Å². The molecular formula is C13H14ClNO4. The van der Waals surface area contributed by atoms with Crippen molar-refractivity contribution in [3.63, 3.8) is 0 Å². The Bertz CT molecular complexity index is 511. The zero-order valence-corrected chi connectivity index (χ0v) is 11.2. The van der Waals surface area contributed by atoms with E-state index in [1.54, 1.807) is 0 Å². The minimum atomic E-state index is -1.13. The molecular weight excluding hydrogens is 270 g/mol. The fourth-order valence-electron chi connectivity index (χ4n) is 1.43. The van der Waals surface area contributed by atoms with Gasteiger partial charge in [-0.25, -0.2) is 4.79 Å². The van der Waals surface area contributed by atoms with Crippen molar-refractivity contribution in [1.29, 1.82) is 0 Å². The van der Waals surface area contributed by atoms with Gasteiger partial charge in [-0.15, -0.1) is 11.6 Å². The monoisotopic (exact) mass is 283 g/mol. The summed E-state index contributed by atoms with van der Waals surface area (Å²) in [5.74, 6) is -1.34. The molecule has 0 aromatic heterocycles. The molecule has 1 aliphatic rings. The van der Waals surface area contributed by atoms with Gasteiger partial charge in [0, 0.05) is 5.88 Å². The third-order valence-electron chi connectivity index (χ3n) is 2.47. The van der Waals surface area contributed by atoms with Crippen LogP contribution in [-0.2, 0) is 0 Å². The third kappa shape index (κ3) is 3.79. The lowest BCUT2D eigenvalue weighted by Gasteiger charge is -1.96. The number of benzene rings is 1. The number of carbonyl (C=O) groups is 3. The lowest BCUT2D eigenvalue weighted by atomic mass is 10.1. The Morgan fingerprint density at radius 3 is 2.37 bits per heavy atom. The second-order valence-corrected chi connectivity index (χ2v) is 4.27. The molecule has 2 amide bonds. The van der Waals surface area contributed by atoms with E-state index in [0.717, 1.165) is 12.3 Å². The molecule has 1 heterocycles. The molecule has 0 spiro atoms. The highest BCUT2D eigenvalue weighted by atomic mass is 35.5. The molecule has 6 heteroatoms. The highest BCUT2D eigenvalue weighted by Gasteiger charge is 2.27. The first kappa shape index (κ1) is 15.2. The molecule has 1 aromatic rings. The molecule has 0 bridgehead atoms. The first-order valence-electron chi connectivity index (χ1n) is 5.80. The second-order valence-electron chi connectivity index (χ2n) is 3.89. The number of hydrogen-bond acceptors (Lipinski definition) is 3. The van der Waals surface area contributed by atoms with Crippen molar-refractivity contribution in [1.82, 2.24) is 5.32 Å². The van der Waals surface area contributed by atoms with Crippen LogP contribution >= 0.6 is 11.6 Å². The molecule has 19 heavy (non-hydrogen) atoms. The van der Waals surface area contributed by atoms with Crippen molar-refractivity contribution in [2.24, 2.45) is 0 Å². The van der Waals surface area contributed by atoms with Gasteiger partial charge in [-0.05, 0) is 24.6 Å². The van der Waals surface area contributed by atoms with E-state index in [0.29, 0.717) is 0 Å². The van der Waals surface area contributed by atoms with Crippen LogP contribution < -0.4 is 5.32 Å². The van der Waals surface area contributed by atoms with Crippen molar-refractivity contribution >= 4 is 29.4 Å². The molecule has 1 aliphatic heterocycles. The number of hydrogen-bond donors (Lipinski definition) is 2. The smallest absolute Gasteiger partial charge is 0.335 e. The van der Waals surface area contributed by atoms with Gasteiger partial charge in [0.05, 0.1) is 16.7 Å². The molecule has 102 valence electrons. The molecule has 2 rings (SSSR count). The summed E-state index contributed by atoms with van der Waals surface area (Å²) in [7, 11) is 0. The highest BCUT2D eigenvalue weighted by Crippen LogP contribution is 2.17. The van der Waals surface area contributed by atoms with E-state index in [2.05, 4.69) is 12.2 Å². The predicted molar refractivity (Wildman–Crippen MR) is 70.8 cm³/mol. The number of imide groups is 1. The quantitative estimate of drug-likeness (QED) is 0.658. The van der Waals surface area contributed by atoms with Crippen molar-refractivity contribution < 1.29 is 19.5 Å². The minimum Gasteiger partial charge on any atom is -0.478 e. The molecule has 1 aromatic carbocycles. The van der Waals surface area contributed by atoms with Crippen LogP contribution in [0.5, 0.6) is 0 Å². The topological polar surface area (TPSA) is 83.5 Å². The average molecular weight is 284 g/mol. The van der Waals surface area contributed by atoms with Gasteiger partial charge in [-0.2, -0.15) is 0 Å². The Labute approximate surface area is 115 Å². The average Bonchev–Trinajstić information content (AvgIpc) is 2.66. The van der Waals surface area contributed by atoms with Crippen molar-refractivity contribution in [3.8, 4) is 0 Å². The van der Waals surface area contributed by atoms with Gasteiger partial charge in [-0.1, -0.05) is 13.3 Å². The molecule has 5 nitrogen and oxygen atoms in total. The predicted octanol–water partition coefficient (Wildman–Crippen LogP) is 2.29. The van der Waals surface area contributed by atoms with Gasteiger partial charge in [0.2, 0.25) is 0 Å². The number of rotatable bonds is 3. The number of fused-ring (bicyclic) bond motifs is 1. The lowest BCUT2D eigenvalue weighted by Crippen LogP contribution is -2.19. The number of unbranched alkanes of at least 4 members (excludes halogenated alkanes) is 1. The Morgan fingerprint density at radius 1 is 1.26 bits per heavy atom. The zero-order valence-electron chi connectivity index (χ0n) is 10.4. The molecule has 2 N–H and O–H groups in total. The maximum absolute atomic E-state index is 11.1. The van der Waals surface area contributed by atoms with Gasteiger partial charge >= 0.3 is 5.97 Å². The SMILES string of the molecule is CCCCCl.O=C(O)c1ccc2c(c1)C(=O)NC2=O. The van der Waals surface area contributed by atoms with Crippen LogP contribution in [0.15, 0.2) is 18.2 Å².